The molecule has 0 radical (unpaired) electrons. The molecule has 0 bridgehead atoms. The summed E-state index contributed by atoms with van der Waals surface area (Å²) in [4.78, 5) is 22.7. The summed E-state index contributed by atoms with van der Waals surface area (Å²) in [5, 5.41) is 2.38. The van der Waals surface area contributed by atoms with Gasteiger partial charge in [-0.25, -0.2) is 13.1 Å². The fourth-order valence-corrected chi connectivity index (χ4v) is 2.34. The Morgan fingerprint density at radius 1 is 1.25 bits per heavy atom. The maximum Gasteiger partial charge on any atom is 0.315 e. The van der Waals surface area contributed by atoms with Crippen molar-refractivity contribution in [3.05, 3.63) is 24.3 Å². The number of anilines is 1. The average Bonchev–Trinajstić information content (AvgIpc) is 2.39. The number of para-hydroxylation sites is 1. The minimum atomic E-state index is -3.69. The van der Waals surface area contributed by atoms with Crippen molar-refractivity contribution in [3.8, 4) is 0 Å². The highest BCUT2D eigenvalue weighted by Crippen LogP contribution is 2.20. The Morgan fingerprint density at radius 3 is 2.50 bits per heavy atom. The molecule has 1 aromatic rings. The van der Waals surface area contributed by atoms with Gasteiger partial charge in [-0.15, -0.1) is 0 Å². The first-order valence-electron chi connectivity index (χ1n) is 5.88. The van der Waals surface area contributed by atoms with Gasteiger partial charge in [0.15, 0.2) is 0 Å². The maximum atomic E-state index is 11.8. The van der Waals surface area contributed by atoms with Gasteiger partial charge in [-0.1, -0.05) is 12.1 Å². The summed E-state index contributed by atoms with van der Waals surface area (Å²) < 4.78 is 30.3. The maximum absolute atomic E-state index is 11.8. The van der Waals surface area contributed by atoms with E-state index in [0.29, 0.717) is 0 Å². The number of benzene rings is 1. The molecule has 7 nitrogen and oxygen atoms in total. The molecule has 0 unspecified atom stereocenters. The molecule has 1 aromatic carbocycles. The number of sulfonamides is 1. The molecule has 1 amide bonds. The summed E-state index contributed by atoms with van der Waals surface area (Å²) in [5.41, 5.74) is 0.108. The van der Waals surface area contributed by atoms with Crippen molar-refractivity contribution in [2.24, 2.45) is 0 Å². The van der Waals surface area contributed by atoms with Crippen LogP contribution in [0, 0.1) is 0 Å². The van der Waals surface area contributed by atoms with Crippen LogP contribution in [-0.2, 0) is 24.3 Å². The molecule has 0 fully saturated rings. The molecule has 1 rings (SSSR count). The number of hydrogen-bond donors (Lipinski definition) is 2. The third-order valence-corrected chi connectivity index (χ3v) is 3.80. The lowest BCUT2D eigenvalue weighted by atomic mass is 10.3. The number of carbonyl (C=O) groups excluding carboxylic acids is 2. The minimum Gasteiger partial charge on any atom is -0.466 e. The topological polar surface area (TPSA) is 102 Å². The Morgan fingerprint density at radius 2 is 1.90 bits per heavy atom. The Hall–Kier alpha value is -1.93. The first kappa shape index (κ1) is 16.1. The van der Waals surface area contributed by atoms with Gasteiger partial charge in [0, 0.05) is 0 Å². The van der Waals surface area contributed by atoms with E-state index in [4.69, 9.17) is 0 Å². The van der Waals surface area contributed by atoms with Gasteiger partial charge in [0.05, 0.1) is 12.3 Å². The molecule has 8 heteroatoms. The zero-order valence-electron chi connectivity index (χ0n) is 11.2. The fourth-order valence-electron chi connectivity index (χ4n) is 1.45. The van der Waals surface area contributed by atoms with Crippen LogP contribution in [0.5, 0.6) is 0 Å². The molecule has 20 heavy (non-hydrogen) atoms. The standard InChI is InChI=1S/C12H16N2O5S/c1-3-19-12(16)8-11(15)14-9-6-4-5-7-10(9)20(17,18)13-2/h4-7,13H,3,8H2,1-2H3,(H,14,15). The Bertz CT molecular complexity index is 598. The van der Waals surface area contributed by atoms with E-state index in [9.17, 15) is 18.0 Å². The van der Waals surface area contributed by atoms with E-state index >= 15 is 0 Å². The van der Waals surface area contributed by atoms with Gasteiger partial charge < -0.3 is 10.1 Å². The zero-order chi connectivity index (χ0) is 15.2. The van der Waals surface area contributed by atoms with E-state index < -0.39 is 28.3 Å². The van der Waals surface area contributed by atoms with Crippen molar-refractivity contribution in [3.63, 3.8) is 0 Å². The van der Waals surface area contributed by atoms with Crippen LogP contribution in [0.15, 0.2) is 29.2 Å². The molecule has 0 saturated carbocycles. The van der Waals surface area contributed by atoms with Crippen LogP contribution < -0.4 is 10.0 Å². The highest BCUT2D eigenvalue weighted by atomic mass is 32.2. The summed E-state index contributed by atoms with van der Waals surface area (Å²) in [6.07, 6.45) is -0.470. The van der Waals surface area contributed by atoms with E-state index in [1.54, 1.807) is 13.0 Å². The van der Waals surface area contributed by atoms with Gasteiger partial charge in [-0.05, 0) is 26.1 Å². The predicted molar refractivity (Wildman–Crippen MR) is 72.6 cm³/mol. The number of nitrogens with one attached hydrogen (secondary N) is 2. The van der Waals surface area contributed by atoms with Gasteiger partial charge in [-0.2, -0.15) is 0 Å². The normalized spacial score (nSPS) is 10.9. The number of carbonyl (C=O) groups is 2. The lowest BCUT2D eigenvalue weighted by molar-refractivity contribution is -0.145. The summed E-state index contributed by atoms with van der Waals surface area (Å²) in [7, 11) is -2.42. The fraction of sp³-hybridized carbons (Fsp3) is 0.333. The number of rotatable bonds is 6. The second-order valence-electron chi connectivity index (χ2n) is 3.73. The molecule has 0 aliphatic rings. The van der Waals surface area contributed by atoms with Crippen LogP contribution in [0.2, 0.25) is 0 Å². The van der Waals surface area contributed by atoms with Crippen molar-refractivity contribution in [1.29, 1.82) is 0 Å². The molecule has 110 valence electrons. The van der Waals surface area contributed by atoms with Gasteiger partial charge >= 0.3 is 5.97 Å². The molecule has 0 aliphatic carbocycles. The first-order valence-corrected chi connectivity index (χ1v) is 7.37. The highest BCUT2D eigenvalue weighted by molar-refractivity contribution is 7.89. The van der Waals surface area contributed by atoms with E-state index in [-0.39, 0.29) is 17.2 Å². The van der Waals surface area contributed by atoms with E-state index in [0.717, 1.165) is 0 Å². The zero-order valence-corrected chi connectivity index (χ0v) is 12.0. The predicted octanol–water partition coefficient (Wildman–Crippen LogP) is 0.486. The second-order valence-corrected chi connectivity index (χ2v) is 5.59. The van der Waals surface area contributed by atoms with E-state index in [1.165, 1.54) is 25.2 Å². The van der Waals surface area contributed by atoms with Crippen molar-refractivity contribution >= 4 is 27.6 Å². The molecule has 0 aromatic heterocycles. The van der Waals surface area contributed by atoms with Crippen molar-refractivity contribution < 1.29 is 22.7 Å². The molecule has 0 heterocycles. The molecule has 0 aliphatic heterocycles. The number of esters is 1. The smallest absolute Gasteiger partial charge is 0.315 e. The molecular formula is C12H16N2O5S. The molecule has 0 saturated heterocycles. The van der Waals surface area contributed by atoms with Gasteiger partial charge in [0.2, 0.25) is 15.9 Å². The van der Waals surface area contributed by atoms with Crippen LogP contribution in [0.4, 0.5) is 5.69 Å². The third-order valence-electron chi connectivity index (χ3n) is 2.33. The summed E-state index contributed by atoms with van der Waals surface area (Å²) in [6, 6.07) is 5.90. The lowest BCUT2D eigenvalue weighted by Crippen LogP contribution is -2.23. The van der Waals surface area contributed by atoms with Crippen LogP contribution in [-0.4, -0.2) is 33.9 Å². The van der Waals surface area contributed by atoms with Gasteiger partial charge in [0.1, 0.15) is 11.3 Å². The molecular weight excluding hydrogens is 284 g/mol. The number of hydrogen-bond acceptors (Lipinski definition) is 5. The van der Waals surface area contributed by atoms with Crippen LogP contribution >= 0.6 is 0 Å². The number of amides is 1. The highest BCUT2D eigenvalue weighted by Gasteiger charge is 2.18. The largest absolute Gasteiger partial charge is 0.466 e. The SMILES string of the molecule is CCOC(=O)CC(=O)Nc1ccccc1S(=O)(=O)NC. The Labute approximate surface area is 117 Å². The number of ether oxygens (including phenoxy) is 1. The van der Waals surface area contributed by atoms with Crippen molar-refractivity contribution in [2.75, 3.05) is 19.0 Å². The first-order chi connectivity index (χ1) is 9.40. The summed E-state index contributed by atoms with van der Waals surface area (Å²) >= 11 is 0. The molecule has 0 atom stereocenters. The van der Waals surface area contributed by atoms with Crippen LogP contribution in [0.25, 0.3) is 0 Å². The van der Waals surface area contributed by atoms with Gasteiger partial charge in [-0.3, -0.25) is 9.59 Å². The Kier molecular flexibility index (Phi) is 5.66. The molecule has 2 N–H and O–H groups in total. The summed E-state index contributed by atoms with van der Waals surface area (Å²) in [5.74, 6) is -1.30. The van der Waals surface area contributed by atoms with Crippen LogP contribution in [0.3, 0.4) is 0 Å². The average molecular weight is 300 g/mol. The van der Waals surface area contributed by atoms with Crippen molar-refractivity contribution in [2.45, 2.75) is 18.2 Å². The van der Waals surface area contributed by atoms with E-state index in [2.05, 4.69) is 14.8 Å². The van der Waals surface area contributed by atoms with Crippen LogP contribution in [0.1, 0.15) is 13.3 Å². The van der Waals surface area contributed by atoms with Gasteiger partial charge in [0.25, 0.3) is 0 Å². The monoisotopic (exact) mass is 300 g/mol. The lowest BCUT2D eigenvalue weighted by Gasteiger charge is -2.10. The minimum absolute atomic E-state index is 0.0697. The quantitative estimate of drug-likeness (QED) is 0.588. The van der Waals surface area contributed by atoms with E-state index in [1.807, 2.05) is 0 Å². The third kappa shape index (κ3) is 4.32. The second kappa shape index (κ2) is 7.01. The summed E-state index contributed by atoms with van der Waals surface area (Å²) in [6.45, 7) is 1.81. The van der Waals surface area contributed by atoms with Crippen molar-refractivity contribution in [1.82, 2.24) is 4.72 Å². The molecule has 0 spiro atoms. The Balaban J connectivity index is 2.89.